The summed E-state index contributed by atoms with van der Waals surface area (Å²) in [5.41, 5.74) is -1.67. The van der Waals surface area contributed by atoms with Gasteiger partial charge in [-0.15, -0.1) is 0 Å². The minimum Gasteiger partial charge on any atom is -0.322 e. The second kappa shape index (κ2) is 8.08. The topological polar surface area (TPSA) is 35.5 Å². The number of Topliss-reactive ketones (excluding diaryl/α,β-unsaturated/α-hetero) is 1. The third-order valence-electron chi connectivity index (χ3n) is 2.02. The summed E-state index contributed by atoms with van der Waals surface area (Å²) < 4.78 is 10.9. The van der Waals surface area contributed by atoms with Gasteiger partial charge >= 0.3 is 0 Å². The van der Waals surface area contributed by atoms with Crippen LogP contribution in [0.4, 0.5) is 0 Å². The van der Waals surface area contributed by atoms with Crippen LogP contribution in [0.15, 0.2) is 30.3 Å². The van der Waals surface area contributed by atoms with Crippen molar-refractivity contribution in [2.45, 2.75) is 13.8 Å². The van der Waals surface area contributed by atoms with Crippen molar-refractivity contribution >= 4 is 34.7 Å². The van der Waals surface area contributed by atoms with Gasteiger partial charge in [0, 0.05) is 5.56 Å². The van der Waals surface area contributed by atoms with E-state index in [1.807, 2.05) is 32.0 Å². The summed E-state index contributed by atoms with van der Waals surface area (Å²) in [6, 6.07) is 9.17. The molecule has 0 fully saturated rings. The van der Waals surface area contributed by atoms with Crippen LogP contribution in [0.5, 0.6) is 0 Å². The molecule has 0 spiro atoms. The van der Waals surface area contributed by atoms with Crippen LogP contribution in [0, 0.1) is 0 Å². The molecule has 100 valence electrons. The Kier molecular flexibility index (Phi) is 7.12. The largest absolute Gasteiger partial charge is 0.322 e. The van der Waals surface area contributed by atoms with Crippen molar-refractivity contribution in [3.05, 3.63) is 35.9 Å². The summed E-state index contributed by atoms with van der Waals surface area (Å²) in [5.74, 6) is 0.343. The number of rotatable bonds is 8. The van der Waals surface area contributed by atoms with Gasteiger partial charge in [0.2, 0.25) is 5.69 Å². The van der Waals surface area contributed by atoms with Gasteiger partial charge < -0.3 is 9.05 Å². The third-order valence-corrected chi connectivity index (χ3v) is 7.43. The van der Waals surface area contributed by atoms with Crippen molar-refractivity contribution in [3.8, 4) is 0 Å². The standard InChI is InChI=1S/C12H17O3PS2/c1-3-14-16(17,15-4-2)18-10-12(13)11-8-6-5-7-9-11/h5-9H,3-4,10H2,1-2H3. The normalized spacial score (nSPS) is 11.4. The highest BCUT2D eigenvalue weighted by molar-refractivity contribution is 8.68. The zero-order valence-corrected chi connectivity index (χ0v) is 13.0. The summed E-state index contributed by atoms with van der Waals surface area (Å²) in [6.07, 6.45) is 0. The number of ketones is 1. The monoisotopic (exact) mass is 304 g/mol. The molecule has 1 aromatic carbocycles. The maximum atomic E-state index is 11.9. The number of benzene rings is 1. The first kappa shape index (κ1) is 15.9. The fraction of sp³-hybridized carbons (Fsp3) is 0.417. The van der Waals surface area contributed by atoms with E-state index in [2.05, 4.69) is 0 Å². The molecule has 1 aromatic rings. The molecular weight excluding hydrogens is 287 g/mol. The van der Waals surface area contributed by atoms with Gasteiger partial charge in [-0.25, -0.2) is 0 Å². The lowest BCUT2D eigenvalue weighted by atomic mass is 10.2. The number of hydrogen-bond donors (Lipinski definition) is 0. The fourth-order valence-electron chi connectivity index (χ4n) is 1.27. The summed E-state index contributed by atoms with van der Waals surface area (Å²) in [5, 5.41) is 0. The van der Waals surface area contributed by atoms with Gasteiger partial charge in [-0.1, -0.05) is 41.7 Å². The molecule has 0 aliphatic carbocycles. The van der Waals surface area contributed by atoms with E-state index in [1.54, 1.807) is 12.1 Å². The van der Waals surface area contributed by atoms with Crippen LogP contribution in [-0.4, -0.2) is 24.7 Å². The molecule has 3 nitrogen and oxygen atoms in total. The zero-order chi connectivity index (χ0) is 13.4. The van der Waals surface area contributed by atoms with Crippen LogP contribution in [0.2, 0.25) is 0 Å². The smallest absolute Gasteiger partial charge is 0.247 e. The number of hydrogen-bond acceptors (Lipinski definition) is 5. The second-order valence-corrected chi connectivity index (χ2v) is 9.66. The average Bonchev–Trinajstić information content (AvgIpc) is 2.38. The Bertz CT molecular complexity index is 413. The highest BCUT2D eigenvalue weighted by atomic mass is 32.9. The highest BCUT2D eigenvalue weighted by Gasteiger charge is 2.20. The maximum Gasteiger partial charge on any atom is 0.247 e. The molecule has 0 saturated carbocycles. The molecule has 0 aliphatic heterocycles. The Morgan fingerprint density at radius 1 is 1.22 bits per heavy atom. The second-order valence-electron chi connectivity index (χ2n) is 3.35. The maximum absolute atomic E-state index is 11.9. The summed E-state index contributed by atoms with van der Waals surface area (Å²) in [4.78, 5) is 11.9. The van der Waals surface area contributed by atoms with Crippen molar-refractivity contribution in [2.24, 2.45) is 0 Å². The SMILES string of the molecule is CCOP(=S)(OCC)SCC(=O)c1ccccc1. The lowest BCUT2D eigenvalue weighted by Crippen LogP contribution is -2.03. The Hall–Kier alpha value is -0.190. The molecule has 0 aromatic heterocycles. The first-order valence-electron chi connectivity index (χ1n) is 5.73. The Morgan fingerprint density at radius 2 is 1.78 bits per heavy atom. The molecule has 6 heteroatoms. The van der Waals surface area contributed by atoms with Crippen molar-refractivity contribution in [1.82, 2.24) is 0 Å². The van der Waals surface area contributed by atoms with Crippen molar-refractivity contribution in [3.63, 3.8) is 0 Å². The van der Waals surface area contributed by atoms with Crippen LogP contribution >= 0.6 is 17.1 Å². The average molecular weight is 304 g/mol. The van der Waals surface area contributed by atoms with E-state index >= 15 is 0 Å². The minimum atomic E-state index is -2.36. The fourth-order valence-corrected chi connectivity index (χ4v) is 5.58. The van der Waals surface area contributed by atoms with Crippen LogP contribution in [0.3, 0.4) is 0 Å². The Labute approximate surface area is 117 Å². The van der Waals surface area contributed by atoms with Gasteiger partial charge in [0.05, 0.1) is 19.0 Å². The lowest BCUT2D eigenvalue weighted by molar-refractivity contribution is 0.102. The molecule has 1 rings (SSSR count). The van der Waals surface area contributed by atoms with Gasteiger partial charge in [0.15, 0.2) is 5.78 Å². The molecule has 0 atom stereocenters. The van der Waals surface area contributed by atoms with E-state index in [1.165, 1.54) is 11.4 Å². The van der Waals surface area contributed by atoms with E-state index < -0.39 is 5.69 Å². The van der Waals surface area contributed by atoms with Crippen molar-refractivity contribution in [1.29, 1.82) is 0 Å². The van der Waals surface area contributed by atoms with Crippen molar-refractivity contribution < 1.29 is 13.8 Å². The van der Waals surface area contributed by atoms with Crippen LogP contribution in [-0.2, 0) is 20.9 Å². The first-order valence-corrected chi connectivity index (χ1v) is 9.96. The van der Waals surface area contributed by atoms with E-state index in [4.69, 9.17) is 20.9 Å². The molecule has 0 N–H and O–H groups in total. The molecule has 0 bridgehead atoms. The van der Waals surface area contributed by atoms with Crippen LogP contribution in [0.25, 0.3) is 0 Å². The predicted octanol–water partition coefficient (Wildman–Crippen LogP) is 3.90. The first-order chi connectivity index (χ1) is 8.61. The van der Waals surface area contributed by atoms with E-state index in [-0.39, 0.29) is 5.78 Å². The molecule has 0 radical (unpaired) electrons. The molecule has 18 heavy (non-hydrogen) atoms. The molecule has 0 heterocycles. The quantitative estimate of drug-likeness (QED) is 0.537. The van der Waals surface area contributed by atoms with Gasteiger partial charge in [-0.3, -0.25) is 4.79 Å². The molecular formula is C12H17O3PS2. The molecule has 0 aliphatic rings. The number of carbonyl (C=O) groups is 1. The van der Waals surface area contributed by atoms with Crippen LogP contribution in [0.1, 0.15) is 24.2 Å². The van der Waals surface area contributed by atoms with Gasteiger partial charge in [-0.2, -0.15) is 0 Å². The summed E-state index contributed by atoms with van der Waals surface area (Å²) in [7, 11) is 0. The van der Waals surface area contributed by atoms with Gasteiger partial charge in [-0.05, 0) is 25.7 Å². The zero-order valence-electron chi connectivity index (χ0n) is 10.5. The predicted molar refractivity (Wildman–Crippen MR) is 80.8 cm³/mol. The number of carbonyl (C=O) groups excluding carboxylic acids is 1. The summed E-state index contributed by atoms with van der Waals surface area (Å²) in [6.45, 7) is 4.76. The van der Waals surface area contributed by atoms with Gasteiger partial charge in [0.1, 0.15) is 0 Å². The van der Waals surface area contributed by atoms with E-state index in [0.717, 1.165) is 0 Å². The van der Waals surface area contributed by atoms with E-state index in [9.17, 15) is 4.79 Å². The molecule has 0 unspecified atom stereocenters. The van der Waals surface area contributed by atoms with E-state index in [0.29, 0.717) is 24.5 Å². The van der Waals surface area contributed by atoms with Crippen molar-refractivity contribution in [2.75, 3.05) is 19.0 Å². The minimum absolute atomic E-state index is 0.0502. The van der Waals surface area contributed by atoms with Gasteiger partial charge in [0.25, 0.3) is 0 Å². The highest BCUT2D eigenvalue weighted by Crippen LogP contribution is 2.60. The lowest BCUT2D eigenvalue weighted by Gasteiger charge is -2.19. The Morgan fingerprint density at radius 3 is 2.28 bits per heavy atom. The van der Waals surface area contributed by atoms with Crippen LogP contribution < -0.4 is 0 Å². The third kappa shape index (κ3) is 5.21. The molecule has 0 saturated heterocycles. The Balaban J connectivity index is 2.58. The molecule has 0 amide bonds. The summed E-state index contributed by atoms with van der Waals surface area (Å²) >= 11 is 6.65.